The Bertz CT molecular complexity index is 114. The van der Waals surface area contributed by atoms with Crippen molar-refractivity contribution >= 4 is 21.9 Å². The van der Waals surface area contributed by atoms with Crippen molar-refractivity contribution in [1.29, 1.82) is 0 Å². The van der Waals surface area contributed by atoms with Crippen molar-refractivity contribution in [3.8, 4) is 0 Å². The summed E-state index contributed by atoms with van der Waals surface area (Å²) in [6.45, 7) is 1.82. The van der Waals surface area contributed by atoms with E-state index in [1.807, 2.05) is 6.92 Å². The van der Waals surface area contributed by atoms with Gasteiger partial charge in [0.1, 0.15) is 0 Å². The Morgan fingerprint density at radius 1 is 1.50 bits per heavy atom. The van der Waals surface area contributed by atoms with Crippen LogP contribution >= 0.6 is 15.9 Å². The number of hydrogen-bond acceptors (Lipinski definition) is 3. The van der Waals surface area contributed by atoms with Gasteiger partial charge in [0.25, 0.3) is 0 Å². The average molecular weight is 211 g/mol. The molecule has 0 radical (unpaired) electrons. The monoisotopic (exact) mass is 210 g/mol. The third-order valence-corrected chi connectivity index (χ3v) is 1.58. The van der Waals surface area contributed by atoms with Crippen molar-refractivity contribution in [2.24, 2.45) is 0 Å². The molecule has 0 spiro atoms. The van der Waals surface area contributed by atoms with Crippen LogP contribution in [0.25, 0.3) is 0 Å². The first-order valence-corrected chi connectivity index (χ1v) is 3.79. The van der Waals surface area contributed by atoms with Crippen molar-refractivity contribution in [3.05, 3.63) is 0 Å². The maximum atomic E-state index is 10.8. The van der Waals surface area contributed by atoms with Crippen LogP contribution in [0, 0.1) is 0 Å². The molecule has 3 nitrogen and oxygen atoms in total. The van der Waals surface area contributed by atoms with E-state index in [1.54, 1.807) is 0 Å². The Morgan fingerprint density at radius 2 is 2.00 bits per heavy atom. The van der Waals surface area contributed by atoms with E-state index in [0.717, 1.165) is 0 Å². The normalized spacial score (nSPS) is 16.0. The molecule has 2 atom stereocenters. The predicted molar refractivity (Wildman–Crippen MR) is 41.2 cm³/mol. The molecule has 60 valence electrons. The number of carbonyl (C=O) groups excluding carboxylic acids is 1. The number of alkyl halides is 1. The Hall–Kier alpha value is -0.0900. The maximum Gasteiger partial charge on any atom is 0.336 e. The summed E-state index contributed by atoms with van der Waals surface area (Å²) in [6.07, 6.45) is -0.509. The van der Waals surface area contributed by atoms with E-state index in [-0.39, 0.29) is 10.8 Å². The lowest BCUT2D eigenvalue weighted by Gasteiger charge is -2.14. The highest BCUT2D eigenvalue weighted by Gasteiger charge is 2.22. The van der Waals surface area contributed by atoms with Crippen molar-refractivity contribution < 1.29 is 14.3 Å². The number of hydrogen-bond donors (Lipinski definition) is 0. The second-order valence-electron chi connectivity index (χ2n) is 1.86. The summed E-state index contributed by atoms with van der Waals surface area (Å²) in [7, 11) is 2.81. The van der Waals surface area contributed by atoms with Crippen LogP contribution in [0.2, 0.25) is 0 Å². The van der Waals surface area contributed by atoms with E-state index in [2.05, 4.69) is 20.7 Å². The molecule has 0 bridgehead atoms. The summed E-state index contributed by atoms with van der Waals surface area (Å²) in [4.78, 5) is 10.8. The van der Waals surface area contributed by atoms with Gasteiger partial charge in [-0.3, -0.25) is 0 Å². The summed E-state index contributed by atoms with van der Waals surface area (Å²) >= 11 is 3.22. The van der Waals surface area contributed by atoms with Crippen LogP contribution in [-0.4, -0.2) is 31.1 Å². The summed E-state index contributed by atoms with van der Waals surface area (Å²) < 4.78 is 9.31. The molecule has 0 aliphatic heterocycles. The van der Waals surface area contributed by atoms with Crippen LogP contribution in [0.15, 0.2) is 0 Å². The lowest BCUT2D eigenvalue weighted by Crippen LogP contribution is -2.31. The minimum Gasteiger partial charge on any atom is -0.467 e. The first-order chi connectivity index (χ1) is 4.63. The molecule has 0 N–H and O–H groups in total. The first-order valence-electron chi connectivity index (χ1n) is 2.88. The number of ether oxygens (including phenoxy) is 2. The fourth-order valence-electron chi connectivity index (χ4n) is 0.587. The minimum atomic E-state index is -0.509. The van der Waals surface area contributed by atoms with Crippen molar-refractivity contribution in [3.63, 3.8) is 0 Å². The molecule has 0 saturated carbocycles. The molecule has 0 aliphatic carbocycles. The van der Waals surface area contributed by atoms with Gasteiger partial charge in [0.05, 0.1) is 7.11 Å². The second-order valence-corrected chi connectivity index (χ2v) is 3.30. The lowest BCUT2D eigenvalue weighted by molar-refractivity contribution is -0.151. The Labute approximate surface area is 68.8 Å². The molecular weight excluding hydrogens is 200 g/mol. The SMILES string of the molecule is COC(=O)C(OC)C(C)Br. The first kappa shape index (κ1) is 9.91. The van der Waals surface area contributed by atoms with Gasteiger partial charge in [-0.1, -0.05) is 15.9 Å². The van der Waals surface area contributed by atoms with E-state index >= 15 is 0 Å². The van der Waals surface area contributed by atoms with E-state index in [1.165, 1.54) is 14.2 Å². The number of carbonyl (C=O) groups is 1. The summed E-state index contributed by atoms with van der Waals surface area (Å²) in [5, 5.41) is 0. The van der Waals surface area contributed by atoms with Gasteiger partial charge in [0.15, 0.2) is 6.10 Å². The Morgan fingerprint density at radius 3 is 2.10 bits per heavy atom. The maximum absolute atomic E-state index is 10.8. The molecule has 0 heterocycles. The zero-order valence-electron chi connectivity index (χ0n) is 6.26. The van der Waals surface area contributed by atoms with E-state index in [9.17, 15) is 4.79 Å². The Balaban J connectivity index is 3.93. The van der Waals surface area contributed by atoms with E-state index in [4.69, 9.17) is 4.74 Å². The van der Waals surface area contributed by atoms with Crippen LogP contribution in [0.3, 0.4) is 0 Å². The van der Waals surface area contributed by atoms with Crippen molar-refractivity contribution in [2.75, 3.05) is 14.2 Å². The molecule has 4 heteroatoms. The van der Waals surface area contributed by atoms with Crippen LogP contribution < -0.4 is 0 Å². The zero-order chi connectivity index (χ0) is 8.15. The molecule has 0 fully saturated rings. The molecule has 0 saturated heterocycles. The topological polar surface area (TPSA) is 35.5 Å². The van der Waals surface area contributed by atoms with Crippen LogP contribution in [-0.2, 0) is 14.3 Å². The van der Waals surface area contributed by atoms with E-state index in [0.29, 0.717) is 0 Å². The fraction of sp³-hybridized carbons (Fsp3) is 0.833. The van der Waals surface area contributed by atoms with Crippen LogP contribution in [0.1, 0.15) is 6.92 Å². The quantitative estimate of drug-likeness (QED) is 0.515. The molecule has 0 amide bonds. The van der Waals surface area contributed by atoms with E-state index < -0.39 is 6.10 Å². The van der Waals surface area contributed by atoms with Gasteiger partial charge in [-0.05, 0) is 6.92 Å². The highest BCUT2D eigenvalue weighted by Crippen LogP contribution is 2.08. The highest BCUT2D eigenvalue weighted by molar-refractivity contribution is 9.09. The summed E-state index contributed by atoms with van der Waals surface area (Å²) in [6, 6.07) is 0. The van der Waals surface area contributed by atoms with Gasteiger partial charge in [-0.2, -0.15) is 0 Å². The fourth-order valence-corrected chi connectivity index (χ4v) is 1.02. The number of methoxy groups -OCH3 is 2. The molecule has 0 aromatic heterocycles. The lowest BCUT2D eigenvalue weighted by atomic mass is 10.3. The molecule has 0 aromatic rings. The number of esters is 1. The van der Waals surface area contributed by atoms with Crippen LogP contribution in [0.4, 0.5) is 0 Å². The van der Waals surface area contributed by atoms with Gasteiger partial charge in [-0.25, -0.2) is 4.79 Å². The second kappa shape index (κ2) is 4.68. The summed E-state index contributed by atoms with van der Waals surface area (Å²) in [5.41, 5.74) is 0. The third kappa shape index (κ3) is 2.66. The van der Waals surface area contributed by atoms with Gasteiger partial charge >= 0.3 is 5.97 Å². The van der Waals surface area contributed by atoms with Gasteiger partial charge in [0, 0.05) is 11.9 Å². The molecule has 0 rings (SSSR count). The largest absolute Gasteiger partial charge is 0.467 e. The number of rotatable bonds is 3. The predicted octanol–water partition coefficient (Wildman–Crippen LogP) is 0.958. The zero-order valence-corrected chi connectivity index (χ0v) is 7.84. The highest BCUT2D eigenvalue weighted by atomic mass is 79.9. The Kier molecular flexibility index (Phi) is 4.64. The number of halogens is 1. The summed E-state index contributed by atoms with van der Waals surface area (Å²) in [5.74, 6) is -0.355. The van der Waals surface area contributed by atoms with Crippen molar-refractivity contribution in [1.82, 2.24) is 0 Å². The molecule has 2 unspecified atom stereocenters. The molecular formula is C6H11BrO3. The van der Waals surface area contributed by atoms with Gasteiger partial charge < -0.3 is 9.47 Å². The van der Waals surface area contributed by atoms with Crippen LogP contribution in [0.5, 0.6) is 0 Å². The average Bonchev–Trinajstić information content (AvgIpc) is 1.88. The third-order valence-electron chi connectivity index (χ3n) is 1.10. The minimum absolute atomic E-state index is 0.0232. The molecule has 0 aromatic carbocycles. The van der Waals surface area contributed by atoms with Gasteiger partial charge in [-0.15, -0.1) is 0 Å². The smallest absolute Gasteiger partial charge is 0.336 e. The van der Waals surface area contributed by atoms with Gasteiger partial charge in [0.2, 0.25) is 0 Å². The molecule has 10 heavy (non-hydrogen) atoms. The standard InChI is InChI=1S/C6H11BrO3/c1-4(7)5(9-2)6(8)10-3/h4-5H,1-3H3. The van der Waals surface area contributed by atoms with Crippen molar-refractivity contribution in [2.45, 2.75) is 17.9 Å². The molecule has 0 aliphatic rings.